The average Bonchev–Trinajstić information content (AvgIpc) is 2.72. The molecule has 0 radical (unpaired) electrons. The van der Waals surface area contributed by atoms with Gasteiger partial charge in [0.15, 0.2) is 25.6 Å². The second-order valence-corrected chi connectivity index (χ2v) is 8.80. The second-order valence-electron chi connectivity index (χ2n) is 6.30. The minimum absolute atomic E-state index is 0.0267. The van der Waals surface area contributed by atoms with Crippen molar-refractivity contribution in [3.63, 3.8) is 0 Å². The number of ether oxygens (including phenoxy) is 3. The molecule has 0 aliphatic carbocycles. The summed E-state index contributed by atoms with van der Waals surface area (Å²) >= 11 is 9.84. The number of carbonyl (C=O) groups excluding carboxylic acids is 1. The molecule has 0 saturated heterocycles. The zero-order chi connectivity index (χ0) is 24.5. The number of aryl methyl sites for hydroxylation is 1. The van der Waals surface area contributed by atoms with Crippen molar-refractivity contribution in [3.05, 3.63) is 48.8 Å². The summed E-state index contributed by atoms with van der Waals surface area (Å²) < 4.78 is 17.2. The predicted molar refractivity (Wildman–Crippen MR) is 128 cm³/mol. The maximum atomic E-state index is 12.1. The van der Waals surface area contributed by atoms with Crippen molar-refractivity contribution in [2.24, 2.45) is 5.10 Å². The fourth-order valence-electron chi connectivity index (χ4n) is 2.32. The summed E-state index contributed by atoms with van der Waals surface area (Å²) in [6.45, 7) is 0.323. The van der Waals surface area contributed by atoms with Gasteiger partial charge in [-0.1, -0.05) is 6.07 Å². The van der Waals surface area contributed by atoms with Crippen molar-refractivity contribution < 1.29 is 38.8 Å². The number of nitrogens with one attached hydrogen (secondary N) is 1. The number of nitrogens with zero attached hydrogens (tertiary/aromatic N) is 1. The smallest absolute Gasteiger partial charge is 0.341 e. The number of carboxylic acid groups (broad SMARTS) is 2. The highest BCUT2D eigenvalue weighted by Gasteiger charge is 2.19. The molecule has 0 spiro atoms. The molecule has 176 valence electrons. The molecule has 0 aliphatic heterocycles. The molecule has 2 aromatic carbocycles. The third kappa shape index (κ3) is 8.33. The number of benzene rings is 2. The quantitative estimate of drug-likeness (QED) is 0.246. The Kier molecular flexibility index (Phi) is 10.1. The van der Waals surface area contributed by atoms with E-state index in [1.165, 1.54) is 12.3 Å². The first-order chi connectivity index (χ1) is 15.6. The lowest BCUT2D eigenvalue weighted by atomic mass is 10.2. The fourth-order valence-corrected chi connectivity index (χ4v) is 4.42. The molecule has 33 heavy (non-hydrogen) atoms. The Hall–Kier alpha value is -2.64. The predicted octanol–water partition coefficient (Wildman–Crippen LogP) is 3.74. The number of hydrogen-bond donors (Lipinski definition) is 3. The SMILES string of the molecule is Cc1ccc(OCC(=O)N/N=C\c2cc(Br)c(OCC(=O)O)c(Br)c2OCC(=O)O)c(Br)c1. The highest BCUT2D eigenvalue weighted by atomic mass is 79.9. The summed E-state index contributed by atoms with van der Waals surface area (Å²) in [5.41, 5.74) is 3.60. The molecule has 1 amide bonds. The summed E-state index contributed by atoms with van der Waals surface area (Å²) in [6, 6.07) is 6.89. The number of hydrogen-bond acceptors (Lipinski definition) is 7. The van der Waals surface area contributed by atoms with Gasteiger partial charge in [-0.05, 0) is 78.5 Å². The summed E-state index contributed by atoms with van der Waals surface area (Å²) in [5, 5.41) is 21.6. The third-order valence-electron chi connectivity index (χ3n) is 3.68. The van der Waals surface area contributed by atoms with Gasteiger partial charge in [0.2, 0.25) is 0 Å². The van der Waals surface area contributed by atoms with Gasteiger partial charge in [0.1, 0.15) is 16.0 Å². The van der Waals surface area contributed by atoms with Gasteiger partial charge in [-0.3, -0.25) is 4.79 Å². The molecule has 13 heteroatoms. The van der Waals surface area contributed by atoms with Crippen LogP contribution in [0.15, 0.2) is 42.8 Å². The van der Waals surface area contributed by atoms with Crippen LogP contribution in [0.3, 0.4) is 0 Å². The Bertz CT molecular complexity index is 1090. The topological polar surface area (TPSA) is 144 Å². The van der Waals surface area contributed by atoms with Gasteiger partial charge in [0.05, 0.1) is 15.2 Å². The highest BCUT2D eigenvalue weighted by Crippen LogP contribution is 2.42. The third-order valence-corrected chi connectivity index (χ3v) is 5.61. The molecule has 0 unspecified atom stereocenters. The zero-order valence-electron chi connectivity index (χ0n) is 16.9. The van der Waals surface area contributed by atoms with Gasteiger partial charge >= 0.3 is 11.9 Å². The van der Waals surface area contributed by atoms with Crippen molar-refractivity contribution in [1.29, 1.82) is 0 Å². The summed E-state index contributed by atoms with van der Waals surface area (Å²) in [6.07, 6.45) is 1.23. The van der Waals surface area contributed by atoms with E-state index < -0.39 is 31.1 Å². The van der Waals surface area contributed by atoms with E-state index in [-0.39, 0.29) is 28.1 Å². The molecule has 0 bridgehead atoms. The van der Waals surface area contributed by atoms with Crippen LogP contribution in [-0.4, -0.2) is 54.1 Å². The van der Waals surface area contributed by atoms with Crippen LogP contribution in [0.4, 0.5) is 0 Å². The molecule has 0 heterocycles. The van der Waals surface area contributed by atoms with Gasteiger partial charge in [0.25, 0.3) is 5.91 Å². The van der Waals surface area contributed by atoms with Crippen LogP contribution in [0.2, 0.25) is 0 Å². The first-order valence-electron chi connectivity index (χ1n) is 9.00. The second kappa shape index (κ2) is 12.6. The number of rotatable bonds is 11. The zero-order valence-corrected chi connectivity index (χ0v) is 21.7. The normalized spacial score (nSPS) is 10.7. The number of amides is 1. The molecule has 3 N–H and O–H groups in total. The Morgan fingerprint density at radius 1 is 0.939 bits per heavy atom. The van der Waals surface area contributed by atoms with Crippen LogP contribution in [0, 0.1) is 6.92 Å². The monoisotopic (exact) mass is 650 g/mol. The minimum Gasteiger partial charge on any atom is -0.483 e. The Labute approximate surface area is 213 Å². The van der Waals surface area contributed by atoms with Gasteiger partial charge in [-0.2, -0.15) is 5.10 Å². The van der Waals surface area contributed by atoms with E-state index in [0.29, 0.717) is 14.7 Å². The molecule has 2 rings (SSSR count). The van der Waals surface area contributed by atoms with Gasteiger partial charge in [-0.15, -0.1) is 0 Å². The number of carboxylic acids is 2. The van der Waals surface area contributed by atoms with E-state index in [1.54, 1.807) is 6.07 Å². The minimum atomic E-state index is -1.23. The maximum Gasteiger partial charge on any atom is 0.341 e. The molecule has 0 fully saturated rings. The molecule has 0 saturated carbocycles. The van der Waals surface area contributed by atoms with E-state index in [2.05, 4.69) is 58.3 Å². The number of aliphatic carboxylic acids is 2. The number of hydrazone groups is 1. The summed E-state index contributed by atoms with van der Waals surface area (Å²) in [5.74, 6) is -2.35. The largest absolute Gasteiger partial charge is 0.483 e. The van der Waals surface area contributed by atoms with Gasteiger partial charge < -0.3 is 24.4 Å². The first kappa shape index (κ1) is 26.6. The van der Waals surface area contributed by atoms with Crippen molar-refractivity contribution in [2.45, 2.75) is 6.92 Å². The average molecular weight is 653 g/mol. The van der Waals surface area contributed by atoms with Crippen LogP contribution in [-0.2, 0) is 14.4 Å². The number of halogens is 3. The van der Waals surface area contributed by atoms with Gasteiger partial charge in [0, 0.05) is 5.56 Å². The van der Waals surface area contributed by atoms with Crippen molar-refractivity contribution in [2.75, 3.05) is 19.8 Å². The summed E-state index contributed by atoms with van der Waals surface area (Å²) in [7, 11) is 0. The molecular weight excluding hydrogens is 636 g/mol. The van der Waals surface area contributed by atoms with E-state index in [9.17, 15) is 14.4 Å². The van der Waals surface area contributed by atoms with Crippen molar-refractivity contribution in [3.8, 4) is 17.2 Å². The summed E-state index contributed by atoms with van der Waals surface area (Å²) in [4.78, 5) is 33.8. The van der Waals surface area contributed by atoms with E-state index >= 15 is 0 Å². The number of carbonyl (C=O) groups is 3. The van der Waals surface area contributed by atoms with Crippen LogP contribution < -0.4 is 19.6 Å². The maximum absolute atomic E-state index is 12.1. The van der Waals surface area contributed by atoms with Crippen LogP contribution in [0.1, 0.15) is 11.1 Å². The van der Waals surface area contributed by atoms with Crippen LogP contribution in [0.25, 0.3) is 0 Å². The molecule has 10 nitrogen and oxygen atoms in total. The van der Waals surface area contributed by atoms with E-state index in [4.69, 9.17) is 24.4 Å². The standard InChI is InChI=1S/C20H17Br3N2O8/c1-10-2-3-14(12(21)4-10)31-7-15(26)25-24-6-11-5-13(22)20(33-9-17(29)30)18(23)19(11)32-8-16(27)28/h2-6H,7-9H2,1H3,(H,25,26)(H,27,28)(H,29,30)/b24-6-. The van der Waals surface area contributed by atoms with Crippen LogP contribution in [0.5, 0.6) is 17.2 Å². The van der Waals surface area contributed by atoms with E-state index in [1.807, 2.05) is 19.1 Å². The van der Waals surface area contributed by atoms with Crippen molar-refractivity contribution >= 4 is 71.9 Å². The lowest BCUT2D eigenvalue weighted by molar-refractivity contribution is -0.140. The fraction of sp³-hybridized carbons (Fsp3) is 0.200. The molecule has 0 atom stereocenters. The van der Waals surface area contributed by atoms with Crippen LogP contribution >= 0.6 is 47.8 Å². The lowest BCUT2D eigenvalue weighted by Gasteiger charge is -2.15. The Balaban J connectivity index is 2.13. The van der Waals surface area contributed by atoms with E-state index in [0.717, 1.165) is 5.56 Å². The van der Waals surface area contributed by atoms with Crippen molar-refractivity contribution in [1.82, 2.24) is 5.43 Å². The Morgan fingerprint density at radius 3 is 2.18 bits per heavy atom. The van der Waals surface area contributed by atoms with Gasteiger partial charge in [-0.25, -0.2) is 15.0 Å². The molecule has 2 aromatic rings. The molecule has 0 aliphatic rings. The molecule has 0 aromatic heterocycles. The first-order valence-corrected chi connectivity index (χ1v) is 11.4. The molecular formula is C20H17Br3N2O8. The lowest BCUT2D eigenvalue weighted by Crippen LogP contribution is -2.24. The highest BCUT2D eigenvalue weighted by molar-refractivity contribution is 9.11. The Morgan fingerprint density at radius 2 is 1.58 bits per heavy atom.